The molecule has 1 aliphatic carbocycles. The van der Waals surface area contributed by atoms with Gasteiger partial charge >= 0.3 is 0 Å². The van der Waals surface area contributed by atoms with Gasteiger partial charge in [0.1, 0.15) is 0 Å². The maximum absolute atomic E-state index is 12.9. The van der Waals surface area contributed by atoms with Crippen molar-refractivity contribution in [3.8, 4) is 6.07 Å². The van der Waals surface area contributed by atoms with Crippen LogP contribution in [0.1, 0.15) is 25.7 Å². The van der Waals surface area contributed by atoms with Crippen LogP contribution in [0.2, 0.25) is 0 Å². The van der Waals surface area contributed by atoms with Crippen LogP contribution < -0.4 is 0 Å². The lowest BCUT2D eigenvalue weighted by molar-refractivity contribution is -0.0382. The van der Waals surface area contributed by atoms with Gasteiger partial charge in [-0.25, -0.2) is 8.42 Å². The van der Waals surface area contributed by atoms with Gasteiger partial charge < -0.3 is 4.74 Å². The number of sulfone groups is 1. The molecule has 2 fully saturated rings. The summed E-state index contributed by atoms with van der Waals surface area (Å²) in [6.07, 6.45) is 2.54. The largest absolute Gasteiger partial charge is 0.381 e. The topological polar surface area (TPSA) is 67.2 Å². The molecule has 0 radical (unpaired) electrons. The molecule has 1 saturated heterocycles. The number of hydrogen-bond acceptors (Lipinski definition) is 4. The molecule has 0 bridgehead atoms. The predicted molar refractivity (Wildman–Crippen MR) is 81.4 cm³/mol. The Balaban J connectivity index is 1.95. The first kappa shape index (κ1) is 15.0. The van der Waals surface area contributed by atoms with E-state index in [9.17, 15) is 13.7 Å². The zero-order valence-electron chi connectivity index (χ0n) is 11.5. The molecule has 112 valence electrons. The molecule has 0 atom stereocenters. The van der Waals surface area contributed by atoms with Gasteiger partial charge in [0.15, 0.2) is 14.6 Å². The molecular weight excluding hydrogens is 354 g/mol. The normalized spacial score (nSPS) is 23.2. The van der Waals surface area contributed by atoms with E-state index >= 15 is 0 Å². The minimum atomic E-state index is -3.67. The molecule has 2 aliphatic rings. The van der Waals surface area contributed by atoms with Crippen LogP contribution in [0, 0.1) is 16.7 Å². The number of halogens is 1. The molecule has 6 heteroatoms. The Bertz CT molecular complexity index is 694. The van der Waals surface area contributed by atoms with Gasteiger partial charge in [-0.3, -0.25) is 0 Å². The van der Waals surface area contributed by atoms with Gasteiger partial charge in [-0.1, -0.05) is 12.1 Å². The molecule has 1 heterocycles. The van der Waals surface area contributed by atoms with Crippen LogP contribution in [-0.2, 0) is 14.6 Å². The minimum Gasteiger partial charge on any atom is -0.381 e. The highest BCUT2D eigenvalue weighted by atomic mass is 79.9. The smallest absolute Gasteiger partial charge is 0.198 e. The average molecular weight is 370 g/mol. The van der Waals surface area contributed by atoms with E-state index in [1.165, 1.54) is 0 Å². The van der Waals surface area contributed by atoms with Gasteiger partial charge in [0, 0.05) is 17.7 Å². The summed E-state index contributed by atoms with van der Waals surface area (Å²) in [5.74, 6) is 0. The Morgan fingerprint density at radius 1 is 1.19 bits per heavy atom. The van der Waals surface area contributed by atoms with Gasteiger partial charge in [-0.15, -0.1) is 0 Å². The highest BCUT2D eigenvalue weighted by molar-refractivity contribution is 9.10. The molecule has 1 aliphatic heterocycles. The second-order valence-corrected chi connectivity index (χ2v) is 9.09. The van der Waals surface area contributed by atoms with Crippen molar-refractivity contribution in [3.05, 3.63) is 28.7 Å². The Kier molecular flexibility index (Phi) is 3.63. The van der Waals surface area contributed by atoms with Crippen LogP contribution in [0.5, 0.6) is 0 Å². The quantitative estimate of drug-likeness (QED) is 0.803. The van der Waals surface area contributed by atoms with E-state index in [1.54, 1.807) is 24.3 Å². The van der Waals surface area contributed by atoms with E-state index in [4.69, 9.17) is 4.74 Å². The number of nitrogens with zero attached hydrogens (tertiary/aromatic N) is 1. The zero-order chi connectivity index (χ0) is 15.1. The van der Waals surface area contributed by atoms with Crippen molar-refractivity contribution in [1.29, 1.82) is 5.26 Å². The molecule has 3 rings (SSSR count). The van der Waals surface area contributed by atoms with E-state index < -0.39 is 14.6 Å². The van der Waals surface area contributed by atoms with E-state index in [0.29, 0.717) is 30.5 Å². The molecule has 1 spiro atoms. The zero-order valence-corrected chi connectivity index (χ0v) is 13.9. The first-order chi connectivity index (χ1) is 9.95. The van der Waals surface area contributed by atoms with Crippen LogP contribution in [0.15, 0.2) is 33.6 Å². The van der Waals surface area contributed by atoms with Crippen LogP contribution in [-0.4, -0.2) is 26.4 Å². The van der Waals surface area contributed by atoms with Crippen molar-refractivity contribution in [3.63, 3.8) is 0 Å². The van der Waals surface area contributed by atoms with Crippen molar-refractivity contribution < 1.29 is 13.2 Å². The molecule has 4 nitrogen and oxygen atoms in total. The summed E-state index contributed by atoms with van der Waals surface area (Å²) in [6, 6.07) is 8.81. The third-order valence-electron chi connectivity index (χ3n) is 4.72. The van der Waals surface area contributed by atoms with Crippen molar-refractivity contribution in [2.24, 2.45) is 5.41 Å². The molecule has 0 aromatic heterocycles. The number of hydrogen-bond donors (Lipinski definition) is 0. The first-order valence-electron chi connectivity index (χ1n) is 6.93. The summed E-state index contributed by atoms with van der Waals surface area (Å²) in [5, 5.41) is 9.56. The van der Waals surface area contributed by atoms with E-state index in [1.807, 2.05) is 0 Å². The Morgan fingerprint density at radius 2 is 1.81 bits per heavy atom. The lowest BCUT2D eigenvalue weighted by Gasteiger charge is -2.53. The van der Waals surface area contributed by atoms with Crippen molar-refractivity contribution in [1.82, 2.24) is 0 Å². The maximum atomic E-state index is 12.9. The lowest BCUT2D eigenvalue weighted by Crippen LogP contribution is -2.57. The third kappa shape index (κ3) is 2.23. The Labute approximate surface area is 133 Å². The fourth-order valence-corrected chi connectivity index (χ4v) is 6.56. The van der Waals surface area contributed by atoms with Crippen molar-refractivity contribution in [2.75, 3.05) is 13.2 Å². The van der Waals surface area contributed by atoms with E-state index in [0.717, 1.165) is 12.8 Å². The number of ether oxygens (including phenoxy) is 1. The fourth-order valence-electron chi connectivity index (χ4n) is 3.52. The van der Waals surface area contributed by atoms with Crippen molar-refractivity contribution in [2.45, 2.75) is 35.3 Å². The molecule has 0 amide bonds. The molecular formula is C15H16BrNO3S. The summed E-state index contributed by atoms with van der Waals surface area (Å²) in [6.45, 7) is 1.33. The SMILES string of the molecule is N#CC1(S(=O)(=O)c2ccccc2Br)CC2(CCOCC2)C1. The highest BCUT2D eigenvalue weighted by Crippen LogP contribution is 2.59. The van der Waals surface area contributed by atoms with Crippen LogP contribution in [0.25, 0.3) is 0 Å². The molecule has 1 saturated carbocycles. The average Bonchev–Trinajstić information content (AvgIpc) is 2.45. The second-order valence-electron chi connectivity index (χ2n) is 6.01. The summed E-state index contributed by atoms with van der Waals surface area (Å²) in [4.78, 5) is 0.216. The number of nitriles is 1. The van der Waals surface area contributed by atoms with Gasteiger partial charge in [0.25, 0.3) is 0 Å². The van der Waals surface area contributed by atoms with Gasteiger partial charge in [-0.05, 0) is 59.2 Å². The highest BCUT2D eigenvalue weighted by Gasteiger charge is 2.62. The first-order valence-corrected chi connectivity index (χ1v) is 9.21. The van der Waals surface area contributed by atoms with E-state index in [-0.39, 0.29) is 10.3 Å². The van der Waals surface area contributed by atoms with Crippen molar-refractivity contribution >= 4 is 25.8 Å². The number of benzene rings is 1. The fraction of sp³-hybridized carbons (Fsp3) is 0.533. The molecule has 1 aromatic rings. The summed E-state index contributed by atoms with van der Waals surface area (Å²) in [5.41, 5.74) is -0.0255. The molecule has 21 heavy (non-hydrogen) atoms. The Hall–Kier alpha value is -0.900. The van der Waals surface area contributed by atoms with Gasteiger partial charge in [0.05, 0.1) is 11.0 Å². The molecule has 0 N–H and O–H groups in total. The predicted octanol–water partition coefficient (Wildman–Crippen LogP) is 3.08. The van der Waals surface area contributed by atoms with Gasteiger partial charge in [0.2, 0.25) is 0 Å². The summed E-state index contributed by atoms with van der Waals surface area (Å²) < 4.78 is 30.5. The number of rotatable bonds is 2. The van der Waals surface area contributed by atoms with Crippen LogP contribution in [0.4, 0.5) is 0 Å². The van der Waals surface area contributed by atoms with Crippen LogP contribution in [0.3, 0.4) is 0 Å². The third-order valence-corrected chi connectivity index (χ3v) is 8.02. The van der Waals surface area contributed by atoms with Gasteiger partial charge in [-0.2, -0.15) is 5.26 Å². The van der Waals surface area contributed by atoms with E-state index in [2.05, 4.69) is 22.0 Å². The standard InChI is InChI=1S/C15H16BrNO3S/c16-12-3-1-2-4-13(12)21(18,19)15(11-17)9-14(10-15)5-7-20-8-6-14/h1-4H,5-10H2. The van der Waals surface area contributed by atoms with Crippen LogP contribution >= 0.6 is 15.9 Å². The molecule has 0 unspecified atom stereocenters. The maximum Gasteiger partial charge on any atom is 0.198 e. The second kappa shape index (κ2) is 5.08. The summed E-state index contributed by atoms with van der Waals surface area (Å²) >= 11 is 3.29. The molecule has 1 aromatic carbocycles. The lowest BCUT2D eigenvalue weighted by atomic mass is 9.58. The Morgan fingerprint density at radius 3 is 2.38 bits per heavy atom. The monoisotopic (exact) mass is 369 g/mol. The minimum absolute atomic E-state index is 0.0255. The summed E-state index contributed by atoms with van der Waals surface area (Å²) in [7, 11) is -3.67.